The number of carbonyl (C=O) groups is 2. The number of anilines is 2. The van der Waals surface area contributed by atoms with E-state index in [2.05, 4.69) is 58.3 Å². The minimum atomic E-state index is -0.556. The van der Waals surface area contributed by atoms with Crippen molar-refractivity contribution in [3.05, 3.63) is 86.8 Å². The van der Waals surface area contributed by atoms with Crippen molar-refractivity contribution in [3.8, 4) is 6.07 Å². The summed E-state index contributed by atoms with van der Waals surface area (Å²) in [6.07, 6.45) is 1.89. The molecule has 2 aliphatic rings. The molecule has 11 heteroatoms. The number of ketones is 1. The third-order valence-corrected chi connectivity index (χ3v) is 9.71. The van der Waals surface area contributed by atoms with E-state index in [0.29, 0.717) is 33.5 Å². The Morgan fingerprint density at radius 3 is 2.56 bits per heavy atom. The first-order chi connectivity index (χ1) is 19.6. The third kappa shape index (κ3) is 6.10. The van der Waals surface area contributed by atoms with Gasteiger partial charge in [-0.05, 0) is 53.6 Å². The van der Waals surface area contributed by atoms with Gasteiger partial charge < -0.3 is 11.1 Å². The predicted octanol–water partition coefficient (Wildman–Crippen LogP) is 6.53. The van der Waals surface area contributed by atoms with Gasteiger partial charge in [-0.2, -0.15) is 5.26 Å². The summed E-state index contributed by atoms with van der Waals surface area (Å²) in [5.41, 5.74) is 10.8. The maximum absolute atomic E-state index is 13.7. The molecule has 0 spiro atoms. The number of allylic oxidation sites excluding steroid dienone is 3. The second kappa shape index (κ2) is 11.8. The molecule has 0 bridgehead atoms. The van der Waals surface area contributed by atoms with Crippen molar-refractivity contribution in [1.82, 2.24) is 10.2 Å². The fourth-order valence-corrected chi connectivity index (χ4v) is 7.16. The number of halogens is 1. The summed E-state index contributed by atoms with van der Waals surface area (Å²) in [5, 5.41) is 22.3. The van der Waals surface area contributed by atoms with E-state index in [1.165, 1.54) is 28.7 Å². The Labute approximate surface area is 255 Å². The Morgan fingerprint density at radius 2 is 1.90 bits per heavy atom. The van der Waals surface area contributed by atoms with Gasteiger partial charge in [0.05, 0.1) is 23.3 Å². The molecule has 0 saturated heterocycles. The van der Waals surface area contributed by atoms with Gasteiger partial charge in [-0.1, -0.05) is 84.1 Å². The number of hydrogen-bond acceptors (Lipinski definition) is 9. The third-order valence-electron chi connectivity index (χ3n) is 7.14. The first-order valence-electron chi connectivity index (χ1n) is 13.2. The summed E-state index contributed by atoms with van der Waals surface area (Å²) in [6, 6.07) is 17.7. The van der Waals surface area contributed by atoms with Crippen LogP contribution in [0.15, 0.2) is 80.0 Å². The Morgan fingerprint density at radius 1 is 1.20 bits per heavy atom. The highest BCUT2D eigenvalue weighted by atomic mass is 79.9. The number of thioether (sulfide) groups is 1. The number of amides is 1. The molecule has 2 aromatic carbocycles. The molecule has 5 rings (SSSR count). The van der Waals surface area contributed by atoms with Crippen LogP contribution in [0.4, 0.5) is 10.8 Å². The highest BCUT2D eigenvalue weighted by Crippen LogP contribution is 2.50. The molecular formula is C30H29BrN6O2S2. The lowest BCUT2D eigenvalue weighted by Gasteiger charge is -2.42. The number of Topliss-reactive ketones (excluding diaryl/α,β-unsaturated/α-hetero) is 1. The SMILES string of the molecule is CCc1ccc(NC(=O)CSc2nnc(N3C(N)=C(C#N)C(c4ccc(Br)cc4)C4=C3CC(C)(C)CC4=O)s2)cc1. The summed E-state index contributed by atoms with van der Waals surface area (Å²) >= 11 is 6.01. The van der Waals surface area contributed by atoms with E-state index in [1.54, 1.807) is 4.90 Å². The van der Waals surface area contributed by atoms with Crippen molar-refractivity contribution in [2.24, 2.45) is 11.1 Å². The molecule has 1 aliphatic heterocycles. The summed E-state index contributed by atoms with van der Waals surface area (Å²) in [4.78, 5) is 28.0. The highest BCUT2D eigenvalue weighted by Gasteiger charge is 2.45. The van der Waals surface area contributed by atoms with E-state index in [4.69, 9.17) is 5.73 Å². The standard InChI is InChI=1S/C30H29BrN6O2S2/c1-4-17-5-11-20(12-6-17)34-24(39)16-40-29-36-35-28(41-29)37-22-13-30(2,3)14-23(38)26(22)25(21(15-32)27(37)33)18-7-9-19(31)10-8-18/h5-12,25H,4,13-14,16,33H2,1-3H3,(H,34,39). The van der Waals surface area contributed by atoms with Gasteiger partial charge in [0.25, 0.3) is 0 Å². The number of nitrogens with zero attached hydrogens (tertiary/aromatic N) is 4. The quantitative estimate of drug-likeness (QED) is 0.277. The number of hydrogen-bond donors (Lipinski definition) is 2. The smallest absolute Gasteiger partial charge is 0.234 e. The van der Waals surface area contributed by atoms with Crippen LogP contribution in [0.3, 0.4) is 0 Å². The molecule has 1 atom stereocenters. The van der Waals surface area contributed by atoms with Crippen molar-refractivity contribution in [2.45, 2.75) is 50.3 Å². The topological polar surface area (TPSA) is 125 Å². The van der Waals surface area contributed by atoms with E-state index in [0.717, 1.165) is 27.8 Å². The number of nitriles is 1. The van der Waals surface area contributed by atoms with Crippen LogP contribution in [-0.2, 0) is 16.0 Å². The molecule has 210 valence electrons. The Kier molecular flexibility index (Phi) is 8.36. The number of nitrogens with one attached hydrogen (secondary N) is 1. The molecular weight excluding hydrogens is 620 g/mol. The molecule has 1 aromatic heterocycles. The van der Waals surface area contributed by atoms with Gasteiger partial charge in [0, 0.05) is 27.9 Å². The van der Waals surface area contributed by atoms with Gasteiger partial charge in [-0.25, -0.2) is 0 Å². The van der Waals surface area contributed by atoms with Crippen LogP contribution in [0.1, 0.15) is 50.7 Å². The van der Waals surface area contributed by atoms with Crippen molar-refractivity contribution in [2.75, 3.05) is 16.0 Å². The minimum Gasteiger partial charge on any atom is -0.384 e. The van der Waals surface area contributed by atoms with Crippen molar-refractivity contribution < 1.29 is 9.59 Å². The van der Waals surface area contributed by atoms with Gasteiger partial charge in [0.15, 0.2) is 10.1 Å². The van der Waals surface area contributed by atoms with E-state index < -0.39 is 5.92 Å². The number of aromatic nitrogens is 2. The van der Waals surface area contributed by atoms with Crippen molar-refractivity contribution >= 4 is 61.5 Å². The fourth-order valence-electron chi connectivity index (χ4n) is 5.22. The van der Waals surface area contributed by atoms with E-state index in [-0.39, 0.29) is 28.7 Å². The molecule has 0 radical (unpaired) electrons. The maximum Gasteiger partial charge on any atom is 0.234 e. The molecule has 0 fully saturated rings. The van der Waals surface area contributed by atoms with Crippen LogP contribution in [0.25, 0.3) is 0 Å². The van der Waals surface area contributed by atoms with Gasteiger partial charge in [-0.15, -0.1) is 10.2 Å². The summed E-state index contributed by atoms with van der Waals surface area (Å²) in [7, 11) is 0. The average Bonchev–Trinajstić information content (AvgIpc) is 3.40. The van der Waals surface area contributed by atoms with Crippen molar-refractivity contribution in [3.63, 3.8) is 0 Å². The largest absolute Gasteiger partial charge is 0.384 e. The lowest BCUT2D eigenvalue weighted by atomic mass is 9.69. The second-order valence-electron chi connectivity index (χ2n) is 10.8. The molecule has 8 nitrogen and oxygen atoms in total. The van der Waals surface area contributed by atoms with Crippen LogP contribution < -0.4 is 16.0 Å². The zero-order valence-electron chi connectivity index (χ0n) is 22.9. The molecule has 0 saturated carbocycles. The Hall–Kier alpha value is -3.46. The van der Waals surface area contributed by atoms with Crippen molar-refractivity contribution in [1.29, 1.82) is 5.26 Å². The van der Waals surface area contributed by atoms with Gasteiger partial charge in [-0.3, -0.25) is 14.5 Å². The van der Waals surface area contributed by atoms with Crippen LogP contribution in [-0.4, -0.2) is 27.6 Å². The number of carbonyl (C=O) groups excluding carboxylic acids is 2. The van der Waals surface area contributed by atoms with Gasteiger partial charge >= 0.3 is 0 Å². The fraction of sp³-hybridized carbons (Fsp3) is 0.300. The minimum absolute atomic E-state index is 0.00262. The van der Waals surface area contributed by atoms with Crippen LogP contribution in [0.5, 0.6) is 0 Å². The van der Waals surface area contributed by atoms with Crippen LogP contribution in [0.2, 0.25) is 0 Å². The first-order valence-corrected chi connectivity index (χ1v) is 15.8. The number of aryl methyl sites for hydroxylation is 1. The first kappa shape index (κ1) is 29.0. The second-order valence-corrected chi connectivity index (χ2v) is 13.9. The highest BCUT2D eigenvalue weighted by molar-refractivity contribution is 9.10. The average molecular weight is 650 g/mol. The lowest BCUT2D eigenvalue weighted by Crippen LogP contribution is -2.42. The zero-order chi connectivity index (χ0) is 29.3. The molecule has 1 amide bonds. The Bertz CT molecular complexity index is 1600. The van der Waals surface area contributed by atoms with E-state index in [9.17, 15) is 14.9 Å². The summed E-state index contributed by atoms with van der Waals surface area (Å²) < 4.78 is 1.49. The summed E-state index contributed by atoms with van der Waals surface area (Å²) in [6.45, 7) is 6.19. The molecule has 3 N–H and O–H groups in total. The molecule has 1 unspecified atom stereocenters. The van der Waals surface area contributed by atoms with E-state index >= 15 is 0 Å². The molecule has 41 heavy (non-hydrogen) atoms. The number of rotatable bonds is 7. The number of nitrogens with two attached hydrogens (primary N) is 1. The Balaban J connectivity index is 1.43. The van der Waals surface area contributed by atoms with Gasteiger partial charge in [0.2, 0.25) is 11.0 Å². The van der Waals surface area contributed by atoms with Crippen LogP contribution in [0, 0.1) is 16.7 Å². The normalized spacial score (nSPS) is 18.3. The number of benzene rings is 2. The molecule has 2 heterocycles. The van der Waals surface area contributed by atoms with Gasteiger partial charge in [0.1, 0.15) is 5.82 Å². The molecule has 3 aromatic rings. The predicted molar refractivity (Wildman–Crippen MR) is 166 cm³/mol. The summed E-state index contributed by atoms with van der Waals surface area (Å²) in [5.74, 6) is -0.311. The lowest BCUT2D eigenvalue weighted by molar-refractivity contribution is -0.118. The van der Waals surface area contributed by atoms with E-state index in [1.807, 2.05) is 48.5 Å². The monoisotopic (exact) mass is 648 g/mol. The van der Waals surface area contributed by atoms with Crippen LogP contribution >= 0.6 is 39.0 Å². The maximum atomic E-state index is 13.7. The molecule has 1 aliphatic carbocycles. The zero-order valence-corrected chi connectivity index (χ0v) is 26.1.